The number of aliphatic hydroxyl groups excluding tert-OH is 1. The molecule has 1 saturated heterocycles. The minimum atomic E-state index is -0.454. The van der Waals surface area contributed by atoms with Gasteiger partial charge >= 0.3 is 0 Å². The van der Waals surface area contributed by atoms with Crippen LogP contribution in [-0.4, -0.2) is 28.9 Å². The molecule has 2 unspecified atom stereocenters. The van der Waals surface area contributed by atoms with Gasteiger partial charge in [-0.05, 0) is 30.5 Å². The van der Waals surface area contributed by atoms with Crippen molar-refractivity contribution in [2.45, 2.75) is 31.2 Å². The van der Waals surface area contributed by atoms with Crippen LogP contribution < -0.4 is 4.74 Å². The second kappa shape index (κ2) is 5.13. The smallest absolute Gasteiger partial charge is 0.127 e. The average molecular weight is 283 g/mol. The normalized spacial score (nSPS) is 24.4. The summed E-state index contributed by atoms with van der Waals surface area (Å²) in [5, 5.41) is 9.87. The van der Waals surface area contributed by atoms with E-state index in [2.05, 4.69) is 4.98 Å². The number of hydrogen-bond acceptors (Lipinski definition) is 4. The standard InChI is InChI=1S/C17H17NO3/c19-15-10-20-17(15)14-9-18-8-7-12(14)13-3-1-2-4-16(13)21-11-5-6-11/h1-4,7-9,11,15,17,19H,5-6,10H2. The molecule has 1 aromatic heterocycles. The summed E-state index contributed by atoms with van der Waals surface area (Å²) in [5.74, 6) is 0.890. The van der Waals surface area contributed by atoms with E-state index in [4.69, 9.17) is 9.47 Å². The minimum Gasteiger partial charge on any atom is -0.490 e. The van der Waals surface area contributed by atoms with E-state index in [-0.39, 0.29) is 6.10 Å². The fraction of sp³-hybridized carbons (Fsp3) is 0.353. The van der Waals surface area contributed by atoms with Crippen LogP contribution in [-0.2, 0) is 4.74 Å². The van der Waals surface area contributed by atoms with Gasteiger partial charge in [0.05, 0.1) is 12.7 Å². The van der Waals surface area contributed by atoms with E-state index < -0.39 is 6.10 Å². The number of nitrogens with zero attached hydrogens (tertiary/aromatic N) is 1. The monoisotopic (exact) mass is 283 g/mol. The Morgan fingerprint density at radius 3 is 2.71 bits per heavy atom. The molecule has 0 radical (unpaired) electrons. The van der Waals surface area contributed by atoms with Crippen LogP contribution in [0.2, 0.25) is 0 Å². The highest BCUT2D eigenvalue weighted by Crippen LogP contribution is 2.40. The summed E-state index contributed by atoms with van der Waals surface area (Å²) in [6.45, 7) is 0.388. The zero-order chi connectivity index (χ0) is 14.2. The third kappa shape index (κ3) is 2.41. The molecule has 4 nitrogen and oxygen atoms in total. The fourth-order valence-electron chi connectivity index (χ4n) is 2.61. The number of hydrogen-bond donors (Lipinski definition) is 1. The maximum Gasteiger partial charge on any atom is 0.127 e. The predicted molar refractivity (Wildman–Crippen MR) is 78.0 cm³/mol. The summed E-state index contributed by atoms with van der Waals surface area (Å²) in [6.07, 6.45) is 5.40. The zero-order valence-electron chi connectivity index (χ0n) is 11.6. The lowest BCUT2D eigenvalue weighted by Gasteiger charge is -2.34. The zero-order valence-corrected chi connectivity index (χ0v) is 11.6. The number of aliphatic hydroxyl groups is 1. The lowest BCUT2D eigenvalue weighted by Crippen LogP contribution is -2.37. The molecule has 2 heterocycles. The first-order valence-corrected chi connectivity index (χ1v) is 7.32. The molecule has 0 amide bonds. The van der Waals surface area contributed by atoms with Gasteiger partial charge in [0, 0.05) is 23.5 Å². The highest BCUT2D eigenvalue weighted by molar-refractivity contribution is 5.73. The highest BCUT2D eigenvalue weighted by Gasteiger charge is 2.34. The summed E-state index contributed by atoms with van der Waals surface area (Å²) >= 11 is 0. The van der Waals surface area contributed by atoms with Crippen molar-refractivity contribution in [3.05, 3.63) is 48.3 Å². The second-order valence-corrected chi connectivity index (χ2v) is 5.60. The third-order valence-electron chi connectivity index (χ3n) is 3.95. The molecule has 1 saturated carbocycles. The van der Waals surface area contributed by atoms with Gasteiger partial charge in [-0.15, -0.1) is 0 Å². The molecule has 108 valence electrons. The van der Waals surface area contributed by atoms with Crippen molar-refractivity contribution >= 4 is 0 Å². The molecule has 4 heteroatoms. The van der Waals surface area contributed by atoms with Gasteiger partial charge in [0.1, 0.15) is 18.0 Å². The van der Waals surface area contributed by atoms with Gasteiger partial charge < -0.3 is 14.6 Å². The van der Waals surface area contributed by atoms with Crippen LogP contribution in [0.25, 0.3) is 11.1 Å². The van der Waals surface area contributed by atoms with E-state index in [0.29, 0.717) is 12.7 Å². The Hall–Kier alpha value is -1.91. The van der Waals surface area contributed by atoms with Crippen molar-refractivity contribution in [1.82, 2.24) is 4.98 Å². The van der Waals surface area contributed by atoms with Crippen molar-refractivity contribution in [3.63, 3.8) is 0 Å². The van der Waals surface area contributed by atoms with Crippen LogP contribution in [0.15, 0.2) is 42.7 Å². The Morgan fingerprint density at radius 2 is 2.00 bits per heavy atom. The lowest BCUT2D eigenvalue weighted by molar-refractivity contribution is -0.165. The Bertz CT molecular complexity index is 654. The summed E-state index contributed by atoms with van der Waals surface area (Å²) in [5.41, 5.74) is 2.97. The van der Waals surface area contributed by atoms with E-state index in [9.17, 15) is 5.11 Å². The number of ether oxygens (including phenoxy) is 2. The first-order valence-electron chi connectivity index (χ1n) is 7.32. The van der Waals surface area contributed by atoms with Crippen molar-refractivity contribution in [2.24, 2.45) is 0 Å². The molecule has 2 aromatic rings. The summed E-state index contributed by atoms with van der Waals surface area (Å²) < 4.78 is 11.5. The number of benzene rings is 1. The van der Waals surface area contributed by atoms with Gasteiger partial charge in [-0.1, -0.05) is 18.2 Å². The molecule has 0 spiro atoms. The second-order valence-electron chi connectivity index (χ2n) is 5.60. The van der Waals surface area contributed by atoms with Gasteiger partial charge in [0.15, 0.2) is 0 Å². The van der Waals surface area contributed by atoms with Crippen LogP contribution in [0.5, 0.6) is 5.75 Å². The fourth-order valence-corrected chi connectivity index (χ4v) is 2.61. The van der Waals surface area contributed by atoms with E-state index >= 15 is 0 Å². The minimum absolute atomic E-state index is 0.289. The van der Waals surface area contributed by atoms with Gasteiger partial charge in [0.2, 0.25) is 0 Å². The van der Waals surface area contributed by atoms with Gasteiger partial charge in [0.25, 0.3) is 0 Å². The number of pyridine rings is 1. The van der Waals surface area contributed by atoms with Crippen molar-refractivity contribution in [2.75, 3.05) is 6.61 Å². The van der Waals surface area contributed by atoms with E-state index in [0.717, 1.165) is 35.3 Å². The molecule has 1 aromatic carbocycles. The average Bonchev–Trinajstić information content (AvgIpc) is 3.31. The third-order valence-corrected chi connectivity index (χ3v) is 3.95. The number of para-hydroxylation sites is 1. The van der Waals surface area contributed by atoms with Crippen molar-refractivity contribution < 1.29 is 14.6 Å². The molecule has 1 aliphatic carbocycles. The van der Waals surface area contributed by atoms with Crippen LogP contribution in [0.1, 0.15) is 24.5 Å². The van der Waals surface area contributed by atoms with E-state index in [1.54, 1.807) is 12.4 Å². The number of aromatic nitrogens is 1. The van der Waals surface area contributed by atoms with Crippen LogP contribution in [0.4, 0.5) is 0 Å². The summed E-state index contributed by atoms with van der Waals surface area (Å²) in [4.78, 5) is 4.18. The quantitative estimate of drug-likeness (QED) is 0.937. The van der Waals surface area contributed by atoms with Gasteiger partial charge in [-0.25, -0.2) is 0 Å². The maximum absolute atomic E-state index is 9.87. The Balaban J connectivity index is 1.76. The van der Waals surface area contributed by atoms with Crippen LogP contribution in [0, 0.1) is 0 Å². The predicted octanol–water partition coefficient (Wildman–Crippen LogP) is 2.72. The molecule has 1 aliphatic heterocycles. The lowest BCUT2D eigenvalue weighted by atomic mass is 9.93. The molecule has 0 bridgehead atoms. The summed E-state index contributed by atoms with van der Waals surface area (Å²) in [7, 11) is 0. The van der Waals surface area contributed by atoms with Gasteiger partial charge in [-0.3, -0.25) is 4.98 Å². The molecule has 1 N–H and O–H groups in total. The molecule has 2 atom stereocenters. The van der Waals surface area contributed by atoms with Crippen LogP contribution >= 0.6 is 0 Å². The molecular weight excluding hydrogens is 266 g/mol. The molecular formula is C17H17NO3. The largest absolute Gasteiger partial charge is 0.490 e. The first kappa shape index (κ1) is 12.8. The Labute approximate surface area is 123 Å². The SMILES string of the molecule is OC1COC1c1cnccc1-c1ccccc1OC1CC1. The van der Waals surface area contributed by atoms with Gasteiger partial charge in [-0.2, -0.15) is 0 Å². The Morgan fingerprint density at radius 1 is 1.14 bits per heavy atom. The Kier molecular flexibility index (Phi) is 3.13. The number of rotatable bonds is 4. The first-order chi connectivity index (χ1) is 10.3. The molecule has 2 fully saturated rings. The van der Waals surface area contributed by atoms with Crippen molar-refractivity contribution in [3.8, 4) is 16.9 Å². The molecule has 2 aliphatic rings. The highest BCUT2D eigenvalue weighted by atomic mass is 16.5. The van der Waals surface area contributed by atoms with Crippen LogP contribution in [0.3, 0.4) is 0 Å². The van der Waals surface area contributed by atoms with E-state index in [1.807, 2.05) is 30.3 Å². The maximum atomic E-state index is 9.87. The summed E-state index contributed by atoms with van der Waals surface area (Å²) in [6, 6.07) is 9.98. The van der Waals surface area contributed by atoms with E-state index in [1.165, 1.54) is 0 Å². The topological polar surface area (TPSA) is 51.6 Å². The van der Waals surface area contributed by atoms with Crippen molar-refractivity contribution in [1.29, 1.82) is 0 Å². The molecule has 21 heavy (non-hydrogen) atoms. The molecule has 4 rings (SSSR count).